The number of nitrogens with zero attached hydrogens (tertiary/aromatic N) is 2. The standard InChI is InChI=1S/C21H23N3O4/c1-3-16(2)17-10-12-19(13-11-17)28-15-21(25)23-22-14-6-8-18-7-4-5-9-20(18)24(26)27/h4-14,16H,3,15H2,1-2H3,(H,23,25)/b8-6+,22-14-/t16-/m0/s1. The van der Waals surface area contributed by atoms with Gasteiger partial charge in [-0.2, -0.15) is 5.10 Å². The van der Waals surface area contributed by atoms with Gasteiger partial charge in [0.2, 0.25) is 0 Å². The number of rotatable bonds is 9. The number of nitro groups is 1. The molecule has 0 radical (unpaired) electrons. The molecule has 0 aliphatic carbocycles. The molecular formula is C21H23N3O4. The first-order valence-electron chi connectivity index (χ1n) is 8.96. The summed E-state index contributed by atoms with van der Waals surface area (Å²) in [6.07, 6.45) is 5.46. The van der Waals surface area contributed by atoms with Gasteiger partial charge in [-0.3, -0.25) is 14.9 Å². The van der Waals surface area contributed by atoms with E-state index in [2.05, 4.69) is 24.4 Å². The van der Waals surface area contributed by atoms with Gasteiger partial charge in [-0.15, -0.1) is 0 Å². The molecule has 1 N–H and O–H groups in total. The maximum absolute atomic E-state index is 11.8. The molecule has 1 amide bonds. The van der Waals surface area contributed by atoms with Crippen LogP contribution in [-0.2, 0) is 4.79 Å². The first-order chi connectivity index (χ1) is 13.5. The molecule has 28 heavy (non-hydrogen) atoms. The number of hydrazone groups is 1. The molecule has 0 aliphatic heterocycles. The van der Waals surface area contributed by atoms with Crippen molar-refractivity contribution in [2.24, 2.45) is 5.10 Å². The van der Waals surface area contributed by atoms with Crippen LogP contribution in [0.4, 0.5) is 5.69 Å². The smallest absolute Gasteiger partial charge is 0.277 e. The van der Waals surface area contributed by atoms with Gasteiger partial charge in [0.05, 0.1) is 10.5 Å². The zero-order valence-electron chi connectivity index (χ0n) is 15.9. The SMILES string of the molecule is CC[C@H](C)c1ccc(OCC(=O)N/N=C\C=C\c2ccccc2[N+](=O)[O-])cc1. The molecule has 0 bridgehead atoms. The van der Waals surface area contributed by atoms with E-state index in [1.165, 1.54) is 23.9 Å². The Labute approximate surface area is 163 Å². The minimum Gasteiger partial charge on any atom is -0.484 e. The zero-order valence-corrected chi connectivity index (χ0v) is 15.9. The van der Waals surface area contributed by atoms with Crippen molar-refractivity contribution < 1.29 is 14.5 Å². The van der Waals surface area contributed by atoms with Crippen molar-refractivity contribution in [3.63, 3.8) is 0 Å². The highest BCUT2D eigenvalue weighted by Gasteiger charge is 2.08. The molecule has 0 spiro atoms. The van der Waals surface area contributed by atoms with Crippen molar-refractivity contribution in [2.45, 2.75) is 26.2 Å². The van der Waals surface area contributed by atoms with Gasteiger partial charge in [-0.25, -0.2) is 5.43 Å². The van der Waals surface area contributed by atoms with Gasteiger partial charge in [0.15, 0.2) is 6.61 Å². The molecule has 0 saturated heterocycles. The van der Waals surface area contributed by atoms with Crippen molar-refractivity contribution in [1.29, 1.82) is 0 Å². The van der Waals surface area contributed by atoms with E-state index >= 15 is 0 Å². The van der Waals surface area contributed by atoms with Crippen LogP contribution in [0.2, 0.25) is 0 Å². The Morgan fingerprint density at radius 1 is 1.25 bits per heavy atom. The lowest BCUT2D eigenvalue weighted by Crippen LogP contribution is -2.24. The summed E-state index contributed by atoms with van der Waals surface area (Å²) in [5.41, 5.74) is 4.02. The topological polar surface area (TPSA) is 93.8 Å². The van der Waals surface area contributed by atoms with Crippen molar-refractivity contribution in [3.05, 3.63) is 75.8 Å². The molecule has 0 saturated carbocycles. The summed E-state index contributed by atoms with van der Waals surface area (Å²) < 4.78 is 5.43. The highest BCUT2D eigenvalue weighted by atomic mass is 16.6. The average molecular weight is 381 g/mol. The van der Waals surface area contributed by atoms with Crippen LogP contribution in [0.5, 0.6) is 5.75 Å². The van der Waals surface area contributed by atoms with E-state index in [1.54, 1.807) is 24.3 Å². The van der Waals surface area contributed by atoms with Crippen LogP contribution in [-0.4, -0.2) is 23.7 Å². The summed E-state index contributed by atoms with van der Waals surface area (Å²) in [5.74, 6) is 0.695. The fraction of sp³-hybridized carbons (Fsp3) is 0.238. The number of benzene rings is 2. The lowest BCUT2D eigenvalue weighted by Gasteiger charge is -2.10. The summed E-state index contributed by atoms with van der Waals surface area (Å²) >= 11 is 0. The molecule has 2 aromatic carbocycles. The van der Waals surface area contributed by atoms with Crippen LogP contribution in [0.15, 0.2) is 59.7 Å². The normalized spacial score (nSPS) is 12.2. The van der Waals surface area contributed by atoms with Gasteiger partial charge in [-0.05, 0) is 48.3 Å². The fourth-order valence-corrected chi connectivity index (χ4v) is 2.40. The van der Waals surface area contributed by atoms with E-state index < -0.39 is 10.8 Å². The lowest BCUT2D eigenvalue weighted by atomic mass is 9.99. The number of amides is 1. The number of hydrogen-bond acceptors (Lipinski definition) is 5. The highest BCUT2D eigenvalue weighted by Crippen LogP contribution is 2.21. The monoisotopic (exact) mass is 381 g/mol. The minimum absolute atomic E-state index is 0.00364. The Morgan fingerprint density at radius 3 is 2.64 bits per heavy atom. The summed E-state index contributed by atoms with van der Waals surface area (Å²) in [4.78, 5) is 22.2. The molecule has 0 heterocycles. The zero-order chi connectivity index (χ0) is 20.4. The Bertz CT molecular complexity index is 860. The molecule has 2 rings (SSSR count). The van der Waals surface area contributed by atoms with Crippen LogP contribution in [0, 0.1) is 10.1 Å². The number of nitro benzene ring substituents is 1. The molecule has 0 unspecified atom stereocenters. The van der Waals surface area contributed by atoms with Crippen molar-refractivity contribution in [3.8, 4) is 5.75 Å². The number of carbonyl (C=O) groups excluding carboxylic acids is 1. The highest BCUT2D eigenvalue weighted by molar-refractivity contribution is 5.82. The number of hydrogen-bond donors (Lipinski definition) is 1. The summed E-state index contributed by atoms with van der Waals surface area (Å²) in [6, 6.07) is 14.0. The number of allylic oxidation sites excluding steroid dienone is 1. The third-order valence-corrected chi connectivity index (χ3v) is 4.19. The second-order valence-corrected chi connectivity index (χ2v) is 6.16. The van der Waals surface area contributed by atoms with Gasteiger partial charge in [0.1, 0.15) is 5.75 Å². The molecule has 7 nitrogen and oxygen atoms in total. The molecular weight excluding hydrogens is 358 g/mol. The van der Waals surface area contributed by atoms with Gasteiger partial charge in [0, 0.05) is 12.3 Å². The molecule has 0 fully saturated rings. The van der Waals surface area contributed by atoms with Gasteiger partial charge in [-0.1, -0.05) is 38.1 Å². The van der Waals surface area contributed by atoms with Crippen molar-refractivity contribution in [2.75, 3.05) is 6.61 Å². The van der Waals surface area contributed by atoms with Crippen LogP contribution in [0.1, 0.15) is 37.3 Å². The second kappa shape index (κ2) is 10.6. The minimum atomic E-state index is -0.453. The fourth-order valence-electron chi connectivity index (χ4n) is 2.40. The maximum Gasteiger partial charge on any atom is 0.277 e. The molecule has 1 atom stereocenters. The van der Waals surface area contributed by atoms with E-state index in [0.29, 0.717) is 17.2 Å². The second-order valence-electron chi connectivity index (χ2n) is 6.16. The summed E-state index contributed by atoms with van der Waals surface area (Å²) in [5, 5.41) is 14.7. The first-order valence-corrected chi connectivity index (χ1v) is 8.96. The van der Waals surface area contributed by atoms with E-state index in [4.69, 9.17) is 4.74 Å². The largest absolute Gasteiger partial charge is 0.484 e. The van der Waals surface area contributed by atoms with Crippen LogP contribution < -0.4 is 10.2 Å². The summed E-state index contributed by atoms with van der Waals surface area (Å²) in [6.45, 7) is 4.13. The molecule has 146 valence electrons. The Kier molecular flexibility index (Phi) is 7.90. The Balaban J connectivity index is 1.79. The van der Waals surface area contributed by atoms with E-state index in [9.17, 15) is 14.9 Å². The third kappa shape index (κ3) is 6.35. The Morgan fingerprint density at radius 2 is 1.96 bits per heavy atom. The van der Waals surface area contributed by atoms with Gasteiger partial charge in [0.25, 0.3) is 11.6 Å². The van der Waals surface area contributed by atoms with Gasteiger partial charge < -0.3 is 4.74 Å². The molecule has 7 heteroatoms. The van der Waals surface area contributed by atoms with Crippen LogP contribution in [0.25, 0.3) is 6.08 Å². The summed E-state index contributed by atoms with van der Waals surface area (Å²) in [7, 11) is 0. The van der Waals surface area contributed by atoms with Crippen molar-refractivity contribution in [1.82, 2.24) is 5.43 Å². The predicted octanol–water partition coefficient (Wildman–Crippen LogP) is 4.30. The van der Waals surface area contributed by atoms with Crippen LogP contribution >= 0.6 is 0 Å². The lowest BCUT2D eigenvalue weighted by molar-refractivity contribution is -0.385. The number of carbonyl (C=O) groups is 1. The third-order valence-electron chi connectivity index (χ3n) is 4.19. The average Bonchev–Trinajstić information content (AvgIpc) is 2.72. The maximum atomic E-state index is 11.8. The molecule has 0 aliphatic rings. The number of ether oxygens (including phenoxy) is 1. The number of nitrogens with one attached hydrogen (secondary N) is 1. The first kappa shape index (κ1) is 20.8. The Hall–Kier alpha value is -3.48. The number of para-hydroxylation sites is 1. The molecule has 2 aromatic rings. The van der Waals surface area contributed by atoms with E-state index in [-0.39, 0.29) is 12.3 Å². The van der Waals surface area contributed by atoms with Gasteiger partial charge >= 0.3 is 0 Å². The van der Waals surface area contributed by atoms with E-state index in [0.717, 1.165) is 6.42 Å². The van der Waals surface area contributed by atoms with Crippen LogP contribution in [0.3, 0.4) is 0 Å². The van der Waals surface area contributed by atoms with Crippen molar-refractivity contribution >= 4 is 23.9 Å². The van der Waals surface area contributed by atoms with E-state index in [1.807, 2.05) is 24.3 Å². The molecule has 0 aromatic heterocycles. The predicted molar refractivity (Wildman–Crippen MR) is 109 cm³/mol. The quantitative estimate of drug-likeness (QED) is 0.398.